The molecular formula is C26H28N4O2. The monoisotopic (exact) mass is 428 g/mol. The molecule has 1 aliphatic heterocycles. The number of fused-ring (bicyclic) bond motifs is 1. The third-order valence-electron chi connectivity index (χ3n) is 6.67. The lowest BCUT2D eigenvalue weighted by molar-refractivity contribution is -0.129. The summed E-state index contributed by atoms with van der Waals surface area (Å²) in [6.45, 7) is 6.91. The lowest BCUT2D eigenvalue weighted by atomic mass is 9.91. The highest BCUT2D eigenvalue weighted by molar-refractivity contribution is 5.92. The molecule has 0 aliphatic carbocycles. The molecule has 0 saturated carbocycles. The van der Waals surface area contributed by atoms with Gasteiger partial charge in [-0.05, 0) is 61.2 Å². The van der Waals surface area contributed by atoms with Crippen molar-refractivity contribution in [2.45, 2.75) is 38.8 Å². The summed E-state index contributed by atoms with van der Waals surface area (Å²) in [5.74, 6) is 0.0672. The number of amides is 1. The van der Waals surface area contributed by atoms with Crippen LogP contribution in [0.15, 0.2) is 48.7 Å². The van der Waals surface area contributed by atoms with Crippen LogP contribution in [0.25, 0.3) is 10.9 Å². The van der Waals surface area contributed by atoms with Crippen molar-refractivity contribution >= 4 is 22.5 Å². The van der Waals surface area contributed by atoms with Gasteiger partial charge >= 0.3 is 0 Å². The second-order valence-corrected chi connectivity index (χ2v) is 8.48. The number of carbonyl (C=O) groups excluding carboxylic acids is 1. The number of likely N-dealkylation sites (tertiary alicyclic amines) is 1. The largest absolute Gasteiger partial charge is 0.378 e. The number of aromatic nitrogens is 1. The number of rotatable bonds is 5. The molecule has 164 valence electrons. The number of methoxy groups -OCH3 is 1. The van der Waals surface area contributed by atoms with E-state index in [-0.39, 0.29) is 11.9 Å². The Kier molecular flexibility index (Phi) is 5.86. The second kappa shape index (κ2) is 8.60. The van der Waals surface area contributed by atoms with Crippen LogP contribution >= 0.6 is 0 Å². The normalized spacial score (nSPS) is 19.0. The Balaban J connectivity index is 1.71. The molecule has 6 nitrogen and oxygen atoms in total. The van der Waals surface area contributed by atoms with Crippen LogP contribution in [0.4, 0.5) is 5.69 Å². The van der Waals surface area contributed by atoms with E-state index >= 15 is 0 Å². The Morgan fingerprint density at radius 3 is 2.81 bits per heavy atom. The molecule has 3 aromatic rings. The van der Waals surface area contributed by atoms with E-state index in [0.717, 1.165) is 39.7 Å². The van der Waals surface area contributed by atoms with Crippen LogP contribution in [0.2, 0.25) is 0 Å². The standard InChI is InChI=1S/C26H28N4O2/c1-17-20(15-27)6-5-7-22(17)18(2)29-25-10-12-28-24-9-8-21(14-23(24)25)26(32-4)11-13-30(16-26)19(3)31/h5-10,12,14,18H,11,13,16H2,1-4H3,(H,28,29)/t18-,26-/m1/s1. The van der Waals surface area contributed by atoms with E-state index in [9.17, 15) is 10.1 Å². The van der Waals surface area contributed by atoms with Crippen LogP contribution in [-0.4, -0.2) is 36.0 Å². The van der Waals surface area contributed by atoms with Crippen molar-refractivity contribution in [3.8, 4) is 6.07 Å². The number of nitriles is 1. The van der Waals surface area contributed by atoms with Crippen molar-refractivity contribution in [1.82, 2.24) is 9.88 Å². The van der Waals surface area contributed by atoms with Crippen molar-refractivity contribution in [1.29, 1.82) is 5.26 Å². The van der Waals surface area contributed by atoms with E-state index in [1.807, 2.05) is 36.1 Å². The Bertz CT molecular complexity index is 1220. The molecule has 4 rings (SSSR count). The zero-order chi connectivity index (χ0) is 22.9. The lowest BCUT2D eigenvalue weighted by Gasteiger charge is -2.29. The highest BCUT2D eigenvalue weighted by atomic mass is 16.5. The third-order valence-corrected chi connectivity index (χ3v) is 6.67. The lowest BCUT2D eigenvalue weighted by Crippen LogP contribution is -2.34. The van der Waals surface area contributed by atoms with Gasteiger partial charge in [0, 0.05) is 43.9 Å². The van der Waals surface area contributed by atoms with Crippen LogP contribution in [0.3, 0.4) is 0 Å². The highest BCUT2D eigenvalue weighted by Gasteiger charge is 2.41. The van der Waals surface area contributed by atoms with Crippen molar-refractivity contribution in [2.75, 3.05) is 25.5 Å². The molecule has 6 heteroatoms. The van der Waals surface area contributed by atoms with E-state index in [1.165, 1.54) is 0 Å². The minimum absolute atomic E-state index is 0.00799. The Labute approximate surface area is 188 Å². The van der Waals surface area contributed by atoms with Crippen molar-refractivity contribution in [3.05, 3.63) is 70.9 Å². The first-order chi connectivity index (χ1) is 15.4. The van der Waals surface area contributed by atoms with Gasteiger partial charge < -0.3 is 15.0 Å². The molecule has 1 aliphatic rings. The van der Waals surface area contributed by atoms with Crippen LogP contribution in [-0.2, 0) is 15.1 Å². The summed E-state index contributed by atoms with van der Waals surface area (Å²) < 4.78 is 5.98. The Morgan fingerprint density at radius 2 is 2.12 bits per heavy atom. The molecule has 1 amide bonds. The second-order valence-electron chi connectivity index (χ2n) is 8.48. The minimum Gasteiger partial charge on any atom is -0.378 e. The molecule has 0 bridgehead atoms. The van der Waals surface area contributed by atoms with E-state index in [4.69, 9.17) is 4.74 Å². The molecule has 2 aromatic carbocycles. The summed E-state index contributed by atoms with van der Waals surface area (Å²) in [5.41, 5.74) is 5.16. The summed E-state index contributed by atoms with van der Waals surface area (Å²) in [6, 6.07) is 16.3. The van der Waals surface area contributed by atoms with Crippen LogP contribution < -0.4 is 5.32 Å². The maximum Gasteiger partial charge on any atom is 0.219 e. The summed E-state index contributed by atoms with van der Waals surface area (Å²) in [4.78, 5) is 18.3. The first-order valence-electron chi connectivity index (χ1n) is 10.8. The topological polar surface area (TPSA) is 78.2 Å². The van der Waals surface area contributed by atoms with E-state index in [0.29, 0.717) is 18.7 Å². The van der Waals surface area contributed by atoms with E-state index < -0.39 is 5.60 Å². The number of ether oxygens (including phenoxy) is 1. The quantitative estimate of drug-likeness (QED) is 0.638. The number of carbonyl (C=O) groups is 1. The van der Waals surface area contributed by atoms with Gasteiger partial charge in [0.15, 0.2) is 0 Å². The molecule has 1 saturated heterocycles. The van der Waals surface area contributed by atoms with Gasteiger partial charge in [-0.15, -0.1) is 0 Å². The summed E-state index contributed by atoms with van der Waals surface area (Å²) in [6.07, 6.45) is 2.56. The number of hydrogen-bond donors (Lipinski definition) is 1. The highest BCUT2D eigenvalue weighted by Crippen LogP contribution is 2.38. The van der Waals surface area contributed by atoms with Gasteiger partial charge in [-0.3, -0.25) is 9.78 Å². The third kappa shape index (κ3) is 3.80. The van der Waals surface area contributed by atoms with Gasteiger partial charge in [-0.1, -0.05) is 18.2 Å². The molecule has 1 N–H and O–H groups in total. The number of pyridine rings is 1. The van der Waals surface area contributed by atoms with Crippen molar-refractivity contribution < 1.29 is 9.53 Å². The fourth-order valence-electron chi connectivity index (χ4n) is 4.68. The molecule has 0 spiro atoms. The Morgan fingerprint density at radius 1 is 1.31 bits per heavy atom. The predicted octanol–water partition coefficient (Wildman–Crippen LogP) is 4.68. The van der Waals surface area contributed by atoms with Gasteiger partial charge in [-0.2, -0.15) is 5.26 Å². The molecule has 2 atom stereocenters. The number of nitrogens with one attached hydrogen (secondary N) is 1. The van der Waals surface area contributed by atoms with Crippen molar-refractivity contribution in [3.63, 3.8) is 0 Å². The number of benzene rings is 2. The maximum absolute atomic E-state index is 11.9. The van der Waals surface area contributed by atoms with Gasteiger partial charge in [0.1, 0.15) is 5.60 Å². The maximum atomic E-state index is 11.9. The predicted molar refractivity (Wildman–Crippen MR) is 125 cm³/mol. The fraction of sp³-hybridized carbons (Fsp3) is 0.346. The van der Waals surface area contributed by atoms with Crippen molar-refractivity contribution in [2.24, 2.45) is 0 Å². The zero-order valence-corrected chi connectivity index (χ0v) is 19.0. The molecule has 32 heavy (non-hydrogen) atoms. The van der Waals surface area contributed by atoms with E-state index in [2.05, 4.69) is 41.5 Å². The smallest absolute Gasteiger partial charge is 0.219 e. The van der Waals surface area contributed by atoms with E-state index in [1.54, 1.807) is 20.2 Å². The molecule has 2 heterocycles. The fourth-order valence-corrected chi connectivity index (χ4v) is 4.68. The minimum atomic E-state index is -0.518. The molecule has 0 unspecified atom stereocenters. The molecular weight excluding hydrogens is 400 g/mol. The summed E-state index contributed by atoms with van der Waals surface area (Å²) in [7, 11) is 1.71. The molecule has 1 fully saturated rings. The summed E-state index contributed by atoms with van der Waals surface area (Å²) in [5, 5.41) is 14.0. The Hall–Kier alpha value is -3.43. The average molecular weight is 429 g/mol. The van der Waals surface area contributed by atoms with Gasteiger partial charge in [0.2, 0.25) is 5.91 Å². The number of anilines is 1. The molecule has 1 aromatic heterocycles. The summed E-state index contributed by atoms with van der Waals surface area (Å²) >= 11 is 0. The SMILES string of the molecule is CO[C@]1(c2ccc3nccc(N[C@H](C)c4cccc(C#N)c4C)c3c2)CCN(C(C)=O)C1. The van der Waals surface area contributed by atoms with Crippen LogP contribution in [0.1, 0.15) is 48.6 Å². The van der Waals surface area contributed by atoms with Gasteiger partial charge in [0.25, 0.3) is 0 Å². The van der Waals surface area contributed by atoms with Crippen LogP contribution in [0.5, 0.6) is 0 Å². The first kappa shape index (κ1) is 21.8. The zero-order valence-electron chi connectivity index (χ0n) is 19.0. The average Bonchev–Trinajstić information content (AvgIpc) is 3.25. The van der Waals surface area contributed by atoms with Gasteiger partial charge in [0.05, 0.1) is 23.7 Å². The first-order valence-corrected chi connectivity index (χ1v) is 10.8. The van der Waals surface area contributed by atoms with Crippen LogP contribution in [0, 0.1) is 18.3 Å². The molecule has 0 radical (unpaired) electrons. The van der Waals surface area contributed by atoms with Gasteiger partial charge in [-0.25, -0.2) is 0 Å². The number of nitrogens with zero attached hydrogens (tertiary/aromatic N) is 3. The number of hydrogen-bond acceptors (Lipinski definition) is 5.